The zero-order chi connectivity index (χ0) is 18.1. The molecule has 2 saturated heterocycles. The molecule has 0 spiro atoms. The molecule has 0 saturated carbocycles. The van der Waals surface area contributed by atoms with Gasteiger partial charge >= 0.3 is 0 Å². The lowest BCUT2D eigenvalue weighted by Crippen LogP contribution is -2.48. The highest BCUT2D eigenvalue weighted by Crippen LogP contribution is 2.25. The summed E-state index contributed by atoms with van der Waals surface area (Å²) < 4.78 is 7.92. The highest BCUT2D eigenvalue weighted by Gasteiger charge is 2.38. The van der Waals surface area contributed by atoms with Crippen molar-refractivity contribution in [1.82, 2.24) is 20.0 Å². The molecule has 6 nitrogen and oxygen atoms in total. The van der Waals surface area contributed by atoms with Crippen molar-refractivity contribution in [3.05, 3.63) is 17.0 Å². The van der Waals surface area contributed by atoms with Gasteiger partial charge in [0.1, 0.15) is 0 Å². The van der Waals surface area contributed by atoms with E-state index in [4.69, 9.17) is 4.74 Å². The Hall–Kier alpha value is -1.40. The molecule has 6 heteroatoms. The summed E-state index contributed by atoms with van der Waals surface area (Å²) in [6.07, 6.45) is 1.79. The summed E-state index contributed by atoms with van der Waals surface area (Å²) >= 11 is 0. The molecule has 0 radical (unpaired) electrons. The minimum atomic E-state index is 0.122. The van der Waals surface area contributed by atoms with E-state index in [2.05, 4.69) is 43.0 Å². The molecule has 0 aromatic carbocycles. The average Bonchev–Trinajstić information content (AvgIpc) is 3.07. The molecular formula is C19H32N4O2. The number of aryl methyl sites for hydroxylation is 2. The third-order valence-electron chi connectivity index (χ3n) is 5.85. The van der Waals surface area contributed by atoms with Crippen molar-refractivity contribution in [2.45, 2.75) is 72.2 Å². The predicted molar refractivity (Wildman–Crippen MR) is 97.5 cm³/mol. The van der Waals surface area contributed by atoms with Crippen molar-refractivity contribution in [2.24, 2.45) is 5.92 Å². The van der Waals surface area contributed by atoms with E-state index >= 15 is 0 Å². The van der Waals surface area contributed by atoms with Gasteiger partial charge in [-0.15, -0.1) is 0 Å². The van der Waals surface area contributed by atoms with Crippen molar-refractivity contribution in [2.75, 3.05) is 19.7 Å². The first kappa shape index (κ1) is 18.4. The maximum absolute atomic E-state index is 12.4. The summed E-state index contributed by atoms with van der Waals surface area (Å²) in [5, 5.41) is 7.72. The van der Waals surface area contributed by atoms with E-state index in [-0.39, 0.29) is 11.9 Å². The number of aromatic nitrogens is 2. The van der Waals surface area contributed by atoms with Crippen LogP contribution < -0.4 is 5.32 Å². The molecule has 1 N–H and O–H groups in total. The molecule has 0 aliphatic carbocycles. The van der Waals surface area contributed by atoms with Gasteiger partial charge < -0.3 is 10.1 Å². The number of fused-ring (bicyclic) bond motifs is 1. The van der Waals surface area contributed by atoms with Gasteiger partial charge in [-0.05, 0) is 38.7 Å². The highest BCUT2D eigenvalue weighted by molar-refractivity contribution is 5.76. The van der Waals surface area contributed by atoms with Gasteiger partial charge in [-0.25, -0.2) is 0 Å². The van der Waals surface area contributed by atoms with Gasteiger partial charge in [0.25, 0.3) is 0 Å². The Bertz CT molecular complexity index is 625. The van der Waals surface area contributed by atoms with Gasteiger partial charge in [0, 0.05) is 43.8 Å². The monoisotopic (exact) mass is 348 g/mol. The zero-order valence-electron chi connectivity index (χ0n) is 16.2. The first-order valence-electron chi connectivity index (χ1n) is 9.50. The van der Waals surface area contributed by atoms with E-state index in [0.29, 0.717) is 31.0 Å². The van der Waals surface area contributed by atoms with Gasteiger partial charge in [0.05, 0.1) is 18.4 Å². The van der Waals surface area contributed by atoms with Crippen LogP contribution in [-0.2, 0) is 16.1 Å². The number of rotatable bonds is 5. The minimum Gasteiger partial charge on any atom is -0.375 e. The summed E-state index contributed by atoms with van der Waals surface area (Å²) in [4.78, 5) is 14.8. The standard InChI is InChI=1S/C19H32N4O2/c1-12(2)18-10-22-9-16(8-17(22)11-25-18)20-19(24)6-7-23-15(5)13(3)14(4)21-23/h12,16-18H,6-11H2,1-5H3,(H,20,24)/t16-,17-,18-/m0/s1. The van der Waals surface area contributed by atoms with Crippen LogP contribution in [-0.4, -0.2) is 58.5 Å². The second-order valence-corrected chi connectivity index (χ2v) is 7.99. The Morgan fingerprint density at radius 3 is 2.72 bits per heavy atom. The molecule has 0 bridgehead atoms. The summed E-state index contributed by atoms with van der Waals surface area (Å²) in [6, 6.07) is 0.702. The predicted octanol–water partition coefficient (Wildman–Crippen LogP) is 1.81. The molecule has 2 aliphatic rings. The fourth-order valence-electron chi connectivity index (χ4n) is 3.92. The van der Waals surface area contributed by atoms with Gasteiger partial charge in [-0.1, -0.05) is 13.8 Å². The molecule has 1 aromatic heterocycles. The van der Waals surface area contributed by atoms with Crippen LogP contribution in [0.5, 0.6) is 0 Å². The highest BCUT2D eigenvalue weighted by atomic mass is 16.5. The van der Waals surface area contributed by atoms with Crippen LogP contribution >= 0.6 is 0 Å². The van der Waals surface area contributed by atoms with Crippen LogP contribution in [0.25, 0.3) is 0 Å². The molecular weight excluding hydrogens is 316 g/mol. The number of nitrogens with zero attached hydrogens (tertiary/aromatic N) is 3. The van der Waals surface area contributed by atoms with Crippen LogP contribution in [0.4, 0.5) is 0 Å². The van der Waals surface area contributed by atoms with Crippen molar-refractivity contribution in [1.29, 1.82) is 0 Å². The van der Waals surface area contributed by atoms with E-state index in [0.717, 1.165) is 37.5 Å². The lowest BCUT2D eigenvalue weighted by molar-refractivity contribution is -0.122. The fraction of sp³-hybridized carbons (Fsp3) is 0.789. The summed E-state index contributed by atoms with van der Waals surface area (Å²) in [7, 11) is 0. The normalized spacial score (nSPS) is 26.9. The Morgan fingerprint density at radius 2 is 2.08 bits per heavy atom. The Labute approximate surface area is 150 Å². The van der Waals surface area contributed by atoms with Gasteiger partial charge in [-0.2, -0.15) is 5.10 Å². The smallest absolute Gasteiger partial charge is 0.222 e. The van der Waals surface area contributed by atoms with Gasteiger partial charge in [-0.3, -0.25) is 14.4 Å². The van der Waals surface area contributed by atoms with E-state index in [1.54, 1.807) is 0 Å². The first-order chi connectivity index (χ1) is 11.8. The van der Waals surface area contributed by atoms with Gasteiger partial charge in [0.15, 0.2) is 0 Å². The number of carbonyl (C=O) groups excluding carboxylic acids is 1. The number of hydrogen-bond acceptors (Lipinski definition) is 4. The van der Waals surface area contributed by atoms with Crippen molar-refractivity contribution >= 4 is 5.91 Å². The van der Waals surface area contributed by atoms with E-state index in [1.165, 1.54) is 5.56 Å². The maximum atomic E-state index is 12.4. The van der Waals surface area contributed by atoms with Gasteiger partial charge in [0.2, 0.25) is 5.91 Å². The molecule has 3 rings (SSSR count). The van der Waals surface area contributed by atoms with E-state index in [9.17, 15) is 4.79 Å². The average molecular weight is 348 g/mol. The van der Waals surface area contributed by atoms with Crippen LogP contribution in [0.3, 0.4) is 0 Å². The van der Waals surface area contributed by atoms with Crippen LogP contribution in [0.15, 0.2) is 0 Å². The quantitative estimate of drug-likeness (QED) is 0.882. The fourth-order valence-corrected chi connectivity index (χ4v) is 3.92. The summed E-state index contributed by atoms with van der Waals surface area (Å²) in [5.74, 6) is 0.662. The molecule has 140 valence electrons. The molecule has 2 fully saturated rings. The number of ether oxygens (including phenoxy) is 1. The maximum Gasteiger partial charge on any atom is 0.222 e. The summed E-state index contributed by atoms with van der Waals surface area (Å²) in [6.45, 7) is 13.9. The Balaban J connectivity index is 1.47. The van der Waals surface area contributed by atoms with Crippen LogP contribution in [0, 0.1) is 26.7 Å². The molecule has 1 aromatic rings. The number of nitrogens with one attached hydrogen (secondary N) is 1. The lowest BCUT2D eigenvalue weighted by Gasteiger charge is -2.36. The second kappa shape index (κ2) is 7.46. The molecule has 2 aliphatic heterocycles. The zero-order valence-corrected chi connectivity index (χ0v) is 16.2. The molecule has 3 atom stereocenters. The molecule has 3 heterocycles. The van der Waals surface area contributed by atoms with Crippen LogP contribution in [0.2, 0.25) is 0 Å². The minimum absolute atomic E-state index is 0.122. The topological polar surface area (TPSA) is 59.4 Å². The molecule has 1 amide bonds. The van der Waals surface area contributed by atoms with E-state index in [1.807, 2.05) is 11.6 Å². The summed E-state index contributed by atoms with van der Waals surface area (Å²) in [5.41, 5.74) is 3.42. The second-order valence-electron chi connectivity index (χ2n) is 7.99. The van der Waals surface area contributed by atoms with Crippen molar-refractivity contribution < 1.29 is 9.53 Å². The number of morpholine rings is 1. The largest absolute Gasteiger partial charge is 0.375 e. The SMILES string of the molecule is Cc1nn(CCC(=O)N[C@H]2C[C@H]3CO[C@H](C(C)C)CN3C2)c(C)c1C. The van der Waals surface area contributed by atoms with Crippen LogP contribution in [0.1, 0.15) is 43.6 Å². The first-order valence-corrected chi connectivity index (χ1v) is 9.50. The lowest BCUT2D eigenvalue weighted by atomic mass is 10.0. The molecule has 25 heavy (non-hydrogen) atoms. The van der Waals surface area contributed by atoms with Crippen molar-refractivity contribution in [3.8, 4) is 0 Å². The third kappa shape index (κ3) is 4.06. The van der Waals surface area contributed by atoms with E-state index < -0.39 is 0 Å². The Kier molecular flexibility index (Phi) is 5.49. The number of hydrogen-bond donors (Lipinski definition) is 1. The Morgan fingerprint density at radius 1 is 1.32 bits per heavy atom. The molecule has 0 unspecified atom stereocenters. The number of amides is 1. The van der Waals surface area contributed by atoms with Crippen molar-refractivity contribution in [3.63, 3.8) is 0 Å². The number of carbonyl (C=O) groups is 1. The third-order valence-corrected chi connectivity index (χ3v) is 5.85.